The van der Waals surface area contributed by atoms with Gasteiger partial charge >= 0.3 is 0 Å². The van der Waals surface area contributed by atoms with Crippen LogP contribution in [0.3, 0.4) is 0 Å². The quantitative estimate of drug-likeness (QED) is 0.118. The molecule has 0 radical (unpaired) electrons. The SMILES string of the molecule is CC(C)(C)c1ccnc(-n2c3ccccc3c3ccc(Oc4cccc(-n5[c-][n+](-c6c(C78c9ccccc9C9c%10ccccc%10C97c7ccccc78)cccc6C67c8ccccc8C8c9ccccc9C86c6ccccc67)c6ccccc65)c4)cc32)c1. The Morgan fingerprint density at radius 3 is 1.52 bits per heavy atom. The molecular weight excluding hydrogens is 1060 g/mol. The highest BCUT2D eigenvalue weighted by molar-refractivity contribution is 6.09. The van der Waals surface area contributed by atoms with Gasteiger partial charge in [-0.25, -0.2) is 4.98 Å². The molecule has 87 heavy (non-hydrogen) atoms. The molecule has 2 spiro atoms. The van der Waals surface area contributed by atoms with Crippen molar-refractivity contribution in [2.45, 2.75) is 59.7 Å². The number of benzene rings is 11. The first-order chi connectivity index (χ1) is 42.8. The highest BCUT2D eigenvalue weighted by Crippen LogP contribution is 2.84. The summed E-state index contributed by atoms with van der Waals surface area (Å²) in [7, 11) is 0. The number of aromatic nitrogens is 4. The van der Waals surface area contributed by atoms with Crippen molar-refractivity contribution in [3.63, 3.8) is 0 Å². The minimum absolute atomic E-state index is 0.0381. The van der Waals surface area contributed by atoms with E-state index in [-0.39, 0.29) is 28.1 Å². The van der Waals surface area contributed by atoms with Crippen molar-refractivity contribution >= 4 is 32.8 Å². The second-order valence-corrected chi connectivity index (χ2v) is 26.2. The Morgan fingerprint density at radius 2 is 0.897 bits per heavy atom. The van der Waals surface area contributed by atoms with Gasteiger partial charge < -0.3 is 4.74 Å². The van der Waals surface area contributed by atoms with Crippen LogP contribution in [0.4, 0.5) is 0 Å². The monoisotopic (exact) mass is 1110 g/mol. The lowest BCUT2D eigenvalue weighted by atomic mass is 9.34. The minimum Gasteiger partial charge on any atom is -0.458 e. The van der Waals surface area contributed by atoms with Gasteiger partial charge in [0.25, 0.3) is 6.33 Å². The van der Waals surface area contributed by atoms with E-state index in [9.17, 15) is 0 Å². The molecule has 14 aromatic rings. The number of hydrogen-bond acceptors (Lipinski definition) is 2. The van der Waals surface area contributed by atoms with Gasteiger partial charge in [-0.3, -0.25) is 13.7 Å². The fourth-order valence-electron chi connectivity index (χ4n) is 18.9. The first-order valence-corrected chi connectivity index (χ1v) is 30.8. The van der Waals surface area contributed by atoms with Crippen LogP contribution in [-0.2, 0) is 27.1 Å². The van der Waals surface area contributed by atoms with Crippen LogP contribution in [0.25, 0.3) is 50.0 Å². The van der Waals surface area contributed by atoms with Gasteiger partial charge in [-0.1, -0.05) is 233 Å². The predicted molar refractivity (Wildman–Crippen MR) is 345 cm³/mol. The summed E-state index contributed by atoms with van der Waals surface area (Å²) in [6.07, 6.45) is 6.15. The maximum Gasteiger partial charge on any atom is 0.269 e. The highest BCUT2D eigenvalue weighted by atomic mass is 16.5. The zero-order valence-electron chi connectivity index (χ0n) is 48.3. The van der Waals surface area contributed by atoms with Crippen molar-refractivity contribution in [2.75, 3.05) is 0 Å². The number of rotatable bonds is 7. The molecule has 11 aromatic carbocycles. The molecule has 3 aromatic heterocycles. The van der Waals surface area contributed by atoms with E-state index >= 15 is 0 Å². The van der Waals surface area contributed by atoms with E-state index in [1.54, 1.807) is 0 Å². The molecule has 0 bridgehead atoms. The molecule has 410 valence electrons. The van der Waals surface area contributed by atoms with E-state index in [0.717, 1.165) is 50.5 Å². The van der Waals surface area contributed by atoms with Gasteiger partial charge in [-0.15, -0.1) is 0 Å². The van der Waals surface area contributed by atoms with Crippen LogP contribution in [0.1, 0.15) is 116 Å². The molecule has 6 aliphatic carbocycles. The van der Waals surface area contributed by atoms with Crippen LogP contribution in [0.2, 0.25) is 0 Å². The second kappa shape index (κ2) is 16.3. The summed E-state index contributed by atoms with van der Waals surface area (Å²) < 4.78 is 14.1. The number of ether oxygens (including phenoxy) is 1. The van der Waals surface area contributed by atoms with E-state index in [0.29, 0.717) is 0 Å². The maximum absolute atomic E-state index is 7.03. The van der Waals surface area contributed by atoms with Crippen LogP contribution < -0.4 is 9.30 Å². The third-order valence-electron chi connectivity index (χ3n) is 21.7. The molecule has 6 unspecified atom stereocenters. The number of para-hydroxylation sites is 4. The Balaban J connectivity index is 0.835. The Labute approximate surface area is 504 Å². The molecule has 0 N–H and O–H groups in total. The predicted octanol–water partition coefficient (Wildman–Crippen LogP) is 17.5. The van der Waals surface area contributed by atoms with Crippen LogP contribution >= 0.6 is 0 Å². The summed E-state index contributed by atoms with van der Waals surface area (Å²) in [5.74, 6) is 2.75. The molecule has 6 atom stereocenters. The lowest BCUT2D eigenvalue weighted by Crippen LogP contribution is -2.66. The zero-order valence-corrected chi connectivity index (χ0v) is 48.3. The van der Waals surface area contributed by atoms with Crippen molar-refractivity contribution < 1.29 is 9.30 Å². The summed E-state index contributed by atoms with van der Waals surface area (Å²) in [6, 6.07) is 101. The van der Waals surface area contributed by atoms with E-state index < -0.39 is 10.8 Å². The molecule has 5 heteroatoms. The Hall–Kier alpha value is -10.4. The summed E-state index contributed by atoms with van der Waals surface area (Å²) >= 11 is 0. The Kier molecular flexibility index (Phi) is 9.00. The van der Waals surface area contributed by atoms with Gasteiger partial charge in [0.2, 0.25) is 0 Å². The zero-order chi connectivity index (χ0) is 57.3. The van der Waals surface area contributed by atoms with Crippen LogP contribution in [-0.4, -0.2) is 14.1 Å². The van der Waals surface area contributed by atoms with E-state index in [4.69, 9.17) is 9.72 Å². The number of hydrogen-bond donors (Lipinski definition) is 0. The molecule has 5 nitrogen and oxygen atoms in total. The lowest BCUT2D eigenvalue weighted by molar-refractivity contribution is -0.574. The first-order valence-electron chi connectivity index (χ1n) is 30.8. The summed E-state index contributed by atoms with van der Waals surface area (Å²) in [6.45, 7) is 6.76. The molecular formula is C82H56N4O. The van der Waals surface area contributed by atoms with Gasteiger partial charge in [0.1, 0.15) is 17.3 Å². The third kappa shape index (κ3) is 5.36. The van der Waals surface area contributed by atoms with Crippen molar-refractivity contribution in [1.82, 2.24) is 14.1 Å². The molecule has 0 aliphatic heterocycles. The summed E-state index contributed by atoms with van der Waals surface area (Å²) in [5, 5.41) is 2.32. The van der Waals surface area contributed by atoms with Gasteiger partial charge in [-0.2, -0.15) is 0 Å². The van der Waals surface area contributed by atoms with E-state index in [1.807, 2.05) is 6.20 Å². The Morgan fingerprint density at radius 1 is 0.414 bits per heavy atom. The number of nitrogens with zero attached hydrogens (tertiary/aromatic N) is 4. The molecule has 0 saturated heterocycles. The Bertz CT molecular complexity index is 5190. The van der Waals surface area contributed by atoms with Crippen LogP contribution in [0.5, 0.6) is 11.5 Å². The van der Waals surface area contributed by atoms with Crippen molar-refractivity contribution in [2.24, 2.45) is 0 Å². The number of imidazole rings is 1. The largest absolute Gasteiger partial charge is 0.458 e. The topological polar surface area (TPSA) is 35.9 Å². The minimum atomic E-state index is -0.553. The third-order valence-corrected chi connectivity index (χ3v) is 21.7. The second-order valence-electron chi connectivity index (χ2n) is 26.2. The molecule has 0 fully saturated rings. The average Bonchev–Trinajstić information content (AvgIpc) is 1.55. The molecule has 0 saturated carbocycles. The molecule has 6 aliphatic rings. The maximum atomic E-state index is 7.03. The molecule has 3 heterocycles. The van der Waals surface area contributed by atoms with Gasteiger partial charge in [0.05, 0.1) is 44.3 Å². The molecule has 20 rings (SSSR count). The average molecular weight is 1110 g/mol. The molecule has 0 amide bonds. The van der Waals surface area contributed by atoms with Crippen LogP contribution in [0.15, 0.2) is 273 Å². The summed E-state index contributed by atoms with van der Waals surface area (Å²) in [4.78, 5) is 4.97. The normalized spacial score (nSPS) is 22.4. The number of pyridine rings is 1. The highest BCUT2D eigenvalue weighted by Gasteiger charge is 2.80. The summed E-state index contributed by atoms with van der Waals surface area (Å²) in [5.41, 5.74) is 25.4. The van der Waals surface area contributed by atoms with E-state index in [2.05, 4.69) is 308 Å². The standard InChI is InChI=1S/C82H56N4O/c1-78(2,3)50-44-45-83-74(46-50)86-70-39-17-8-24-54(70)55-43-42-53(48-73(55)86)87-52-23-20-22-51(47-52)84-49-85(72-41-19-18-40-71(72)84)77-68(79-60-29-9-4-25-56(60)75-58-27-6-11-31-62(58)81(75,79)66-35-15-13-33-64(66)79)37-21-38-69(77)80-61-30-10-5-26-57(61)76-59-28-7-12-32-63(59)82(76,80)67-36-16-14-34-65(67)80/h4-48,75-76H,1-3H3. The van der Waals surface area contributed by atoms with E-state index in [1.165, 1.54) is 94.5 Å². The fourth-order valence-corrected chi connectivity index (χ4v) is 18.9. The number of fused-ring (bicyclic) bond motifs is 18. The van der Waals surface area contributed by atoms with Crippen LogP contribution in [0, 0.1) is 6.33 Å². The van der Waals surface area contributed by atoms with Crippen molar-refractivity contribution in [3.8, 4) is 28.7 Å². The fraction of sp³-hybridized carbons (Fsp3) is 0.122. The lowest BCUT2D eigenvalue weighted by Gasteiger charge is -2.67. The van der Waals surface area contributed by atoms with Crippen molar-refractivity contribution in [3.05, 3.63) is 363 Å². The van der Waals surface area contributed by atoms with Gasteiger partial charge in [0, 0.05) is 45.7 Å². The van der Waals surface area contributed by atoms with Gasteiger partial charge in [0.15, 0.2) is 0 Å². The first kappa shape index (κ1) is 47.9. The van der Waals surface area contributed by atoms with Crippen molar-refractivity contribution in [1.29, 1.82) is 0 Å². The van der Waals surface area contributed by atoms with Gasteiger partial charge in [-0.05, 0) is 137 Å². The smallest absolute Gasteiger partial charge is 0.269 e.